The molecule has 1 aromatic carbocycles. The molecule has 0 aliphatic heterocycles. The van der Waals surface area contributed by atoms with Crippen LogP contribution in [0.25, 0.3) is 0 Å². The van der Waals surface area contributed by atoms with E-state index in [0.717, 1.165) is 31.5 Å². The minimum Gasteiger partial charge on any atom is -0.478 e. The molecule has 2 aromatic rings. The van der Waals surface area contributed by atoms with E-state index in [-0.39, 0.29) is 11.5 Å². The first kappa shape index (κ1) is 17.2. The molecule has 0 radical (unpaired) electrons. The maximum absolute atomic E-state index is 12.5. The minimum absolute atomic E-state index is 0.0893. The quantitative estimate of drug-likeness (QED) is 0.806. The Labute approximate surface area is 140 Å². The van der Waals surface area contributed by atoms with Crippen LogP contribution in [-0.4, -0.2) is 35.0 Å². The molecule has 0 unspecified atom stereocenters. The number of aromatic carboxylic acids is 1. The lowest BCUT2D eigenvalue weighted by atomic mass is 10.1. The van der Waals surface area contributed by atoms with Crippen molar-refractivity contribution in [2.24, 2.45) is 0 Å². The van der Waals surface area contributed by atoms with Crippen molar-refractivity contribution in [1.29, 1.82) is 0 Å². The summed E-state index contributed by atoms with van der Waals surface area (Å²) in [6.07, 6.45) is 2.11. The van der Waals surface area contributed by atoms with Gasteiger partial charge < -0.3 is 10.0 Å². The van der Waals surface area contributed by atoms with Crippen molar-refractivity contribution in [2.45, 2.75) is 26.2 Å². The van der Waals surface area contributed by atoms with Gasteiger partial charge >= 0.3 is 5.97 Å². The largest absolute Gasteiger partial charge is 0.478 e. The Hall–Kier alpha value is -2.14. The number of hydrogen-bond donors (Lipinski definition) is 1. The molecular weight excluding hydrogens is 310 g/mol. The van der Waals surface area contributed by atoms with Gasteiger partial charge in [0, 0.05) is 18.0 Å². The summed E-state index contributed by atoms with van der Waals surface area (Å²) in [7, 11) is 0. The van der Waals surface area contributed by atoms with E-state index in [1.165, 1.54) is 4.88 Å². The topological polar surface area (TPSA) is 57.6 Å². The molecule has 23 heavy (non-hydrogen) atoms. The summed E-state index contributed by atoms with van der Waals surface area (Å²) in [6, 6.07) is 10.6. The van der Waals surface area contributed by atoms with Crippen molar-refractivity contribution in [1.82, 2.24) is 4.90 Å². The van der Waals surface area contributed by atoms with Crippen molar-refractivity contribution < 1.29 is 14.7 Å². The highest BCUT2D eigenvalue weighted by Crippen LogP contribution is 2.12. The number of nitrogens with zero attached hydrogens (tertiary/aromatic N) is 1. The zero-order chi connectivity index (χ0) is 16.7. The second-order valence-corrected chi connectivity index (χ2v) is 6.42. The number of carboxylic acid groups (broad SMARTS) is 1. The fourth-order valence-electron chi connectivity index (χ4n) is 2.38. The highest BCUT2D eigenvalue weighted by molar-refractivity contribution is 7.09. The predicted octanol–water partition coefficient (Wildman–Crippen LogP) is 3.47. The van der Waals surface area contributed by atoms with E-state index in [1.54, 1.807) is 35.6 Å². The van der Waals surface area contributed by atoms with E-state index in [4.69, 9.17) is 5.11 Å². The summed E-state index contributed by atoms with van der Waals surface area (Å²) in [6.45, 7) is 3.53. The molecule has 0 bridgehead atoms. The highest BCUT2D eigenvalue weighted by atomic mass is 32.1. The second kappa shape index (κ2) is 8.48. The molecule has 0 aliphatic carbocycles. The van der Waals surface area contributed by atoms with Gasteiger partial charge in [0.15, 0.2) is 0 Å². The van der Waals surface area contributed by atoms with E-state index in [1.807, 2.05) is 16.3 Å². The van der Waals surface area contributed by atoms with Gasteiger partial charge in [0.05, 0.1) is 12.0 Å². The van der Waals surface area contributed by atoms with Crippen LogP contribution >= 0.6 is 11.3 Å². The maximum atomic E-state index is 12.5. The highest BCUT2D eigenvalue weighted by Gasteiger charge is 2.14. The third kappa shape index (κ3) is 5.21. The standard InChI is InChI=1S/C18H21NO3S/c1-2-10-19(11-9-16-4-3-12-23-16)17(20)13-14-5-7-15(8-6-14)18(21)22/h3-8,12H,2,9-11,13H2,1H3,(H,21,22). The first-order valence-electron chi connectivity index (χ1n) is 7.72. The minimum atomic E-state index is -0.952. The summed E-state index contributed by atoms with van der Waals surface area (Å²) in [5.74, 6) is -0.863. The van der Waals surface area contributed by atoms with Gasteiger partial charge in [-0.2, -0.15) is 0 Å². The Morgan fingerprint density at radius 3 is 2.43 bits per heavy atom. The van der Waals surface area contributed by atoms with Crippen LogP contribution in [0.2, 0.25) is 0 Å². The second-order valence-electron chi connectivity index (χ2n) is 5.39. The lowest BCUT2D eigenvalue weighted by Gasteiger charge is -2.22. The molecule has 1 aromatic heterocycles. The van der Waals surface area contributed by atoms with Gasteiger partial charge in [-0.1, -0.05) is 25.1 Å². The van der Waals surface area contributed by atoms with Crippen molar-refractivity contribution in [3.63, 3.8) is 0 Å². The Morgan fingerprint density at radius 1 is 1.13 bits per heavy atom. The summed E-state index contributed by atoms with van der Waals surface area (Å²) in [5.41, 5.74) is 1.08. The van der Waals surface area contributed by atoms with E-state index in [0.29, 0.717) is 6.42 Å². The average molecular weight is 331 g/mol. The molecule has 0 saturated carbocycles. The Morgan fingerprint density at radius 2 is 1.87 bits per heavy atom. The maximum Gasteiger partial charge on any atom is 0.335 e. The molecule has 0 saturated heterocycles. The molecule has 0 fully saturated rings. The summed E-state index contributed by atoms with van der Waals surface area (Å²) < 4.78 is 0. The van der Waals surface area contributed by atoms with Crippen molar-refractivity contribution in [3.8, 4) is 0 Å². The Balaban J connectivity index is 1.95. The lowest BCUT2D eigenvalue weighted by molar-refractivity contribution is -0.130. The van der Waals surface area contributed by atoms with Crippen LogP contribution in [0.3, 0.4) is 0 Å². The van der Waals surface area contributed by atoms with Gasteiger partial charge in [-0.15, -0.1) is 11.3 Å². The van der Waals surface area contributed by atoms with E-state index in [9.17, 15) is 9.59 Å². The van der Waals surface area contributed by atoms with Gasteiger partial charge in [-0.05, 0) is 42.0 Å². The molecule has 1 N–H and O–H groups in total. The van der Waals surface area contributed by atoms with Crippen LogP contribution in [-0.2, 0) is 17.6 Å². The molecule has 2 rings (SSSR count). The average Bonchev–Trinajstić information content (AvgIpc) is 3.05. The van der Waals surface area contributed by atoms with Crippen LogP contribution in [0.4, 0.5) is 0 Å². The molecule has 5 heteroatoms. The molecule has 4 nitrogen and oxygen atoms in total. The van der Waals surface area contributed by atoms with Crippen molar-refractivity contribution in [2.75, 3.05) is 13.1 Å². The van der Waals surface area contributed by atoms with Gasteiger partial charge in [0.1, 0.15) is 0 Å². The summed E-state index contributed by atoms with van der Waals surface area (Å²) in [5, 5.41) is 10.9. The Kier molecular flexibility index (Phi) is 6.35. The molecule has 122 valence electrons. The fourth-order valence-corrected chi connectivity index (χ4v) is 3.08. The van der Waals surface area contributed by atoms with Crippen molar-refractivity contribution >= 4 is 23.2 Å². The summed E-state index contributed by atoms with van der Waals surface area (Å²) in [4.78, 5) is 26.5. The summed E-state index contributed by atoms with van der Waals surface area (Å²) >= 11 is 1.71. The SMILES string of the molecule is CCCN(CCc1cccs1)C(=O)Cc1ccc(C(=O)O)cc1. The lowest BCUT2D eigenvalue weighted by Crippen LogP contribution is -2.34. The first-order valence-corrected chi connectivity index (χ1v) is 8.60. The number of benzene rings is 1. The van der Waals surface area contributed by atoms with Crippen LogP contribution in [0.1, 0.15) is 34.1 Å². The van der Waals surface area contributed by atoms with Gasteiger partial charge in [-0.3, -0.25) is 4.79 Å². The number of amides is 1. The molecule has 0 spiro atoms. The van der Waals surface area contributed by atoms with Crippen LogP contribution in [0, 0.1) is 0 Å². The molecule has 1 heterocycles. The molecule has 1 amide bonds. The van der Waals surface area contributed by atoms with E-state index >= 15 is 0 Å². The third-order valence-corrected chi connectivity index (χ3v) is 4.55. The Bertz CT molecular complexity index is 635. The third-order valence-electron chi connectivity index (χ3n) is 3.61. The number of carbonyl (C=O) groups excluding carboxylic acids is 1. The zero-order valence-corrected chi connectivity index (χ0v) is 14.0. The smallest absolute Gasteiger partial charge is 0.335 e. The zero-order valence-electron chi connectivity index (χ0n) is 13.2. The van der Waals surface area contributed by atoms with Crippen LogP contribution < -0.4 is 0 Å². The van der Waals surface area contributed by atoms with Gasteiger partial charge in [-0.25, -0.2) is 4.79 Å². The normalized spacial score (nSPS) is 10.5. The number of carbonyl (C=O) groups is 2. The number of carboxylic acids is 1. The van der Waals surface area contributed by atoms with Crippen LogP contribution in [0.15, 0.2) is 41.8 Å². The molecule has 0 aliphatic rings. The van der Waals surface area contributed by atoms with Gasteiger partial charge in [0.25, 0.3) is 0 Å². The molecule has 0 atom stereocenters. The first-order chi connectivity index (χ1) is 11.1. The van der Waals surface area contributed by atoms with Gasteiger partial charge in [0.2, 0.25) is 5.91 Å². The van der Waals surface area contributed by atoms with Crippen LogP contribution in [0.5, 0.6) is 0 Å². The number of thiophene rings is 1. The predicted molar refractivity (Wildman–Crippen MR) is 92.0 cm³/mol. The number of hydrogen-bond acceptors (Lipinski definition) is 3. The van der Waals surface area contributed by atoms with E-state index < -0.39 is 5.97 Å². The number of rotatable bonds is 8. The monoisotopic (exact) mass is 331 g/mol. The van der Waals surface area contributed by atoms with E-state index in [2.05, 4.69) is 13.0 Å². The molecular formula is C18H21NO3S. The van der Waals surface area contributed by atoms with Crippen molar-refractivity contribution in [3.05, 3.63) is 57.8 Å². The fraction of sp³-hybridized carbons (Fsp3) is 0.333.